The van der Waals surface area contributed by atoms with Gasteiger partial charge < -0.3 is 15.4 Å². The lowest BCUT2D eigenvalue weighted by Gasteiger charge is -2.11. The van der Waals surface area contributed by atoms with Crippen LogP contribution in [0.25, 0.3) is 0 Å². The molecule has 0 unspecified atom stereocenters. The molecule has 130 valence electrons. The third-order valence-corrected chi connectivity index (χ3v) is 3.44. The van der Waals surface area contributed by atoms with Crippen molar-refractivity contribution < 1.29 is 19.1 Å². The van der Waals surface area contributed by atoms with Crippen LogP contribution < -0.4 is 10.6 Å². The standard InChI is InChI=1S/C19H20N2O4/c1-3-25-19(24)14-9-5-7-11-16(14)21-18(23)12-17(22)20-15-10-6-4-8-13(15)2/h4-11H,3,12H2,1-2H3,(H,20,22)(H,21,23). The second-order valence-corrected chi connectivity index (χ2v) is 5.35. The van der Waals surface area contributed by atoms with Crippen LogP contribution in [-0.2, 0) is 14.3 Å². The van der Waals surface area contributed by atoms with Crippen LogP contribution in [0.2, 0.25) is 0 Å². The number of amides is 2. The molecule has 0 bridgehead atoms. The molecule has 2 aromatic carbocycles. The Kier molecular flexibility index (Phi) is 6.28. The van der Waals surface area contributed by atoms with Crippen LogP contribution in [0.3, 0.4) is 0 Å². The van der Waals surface area contributed by atoms with Crippen molar-refractivity contribution in [3.05, 3.63) is 59.7 Å². The topological polar surface area (TPSA) is 84.5 Å². The van der Waals surface area contributed by atoms with Crippen LogP contribution in [0.5, 0.6) is 0 Å². The number of para-hydroxylation sites is 2. The van der Waals surface area contributed by atoms with Crippen molar-refractivity contribution >= 4 is 29.2 Å². The van der Waals surface area contributed by atoms with Crippen LogP contribution in [-0.4, -0.2) is 24.4 Å². The van der Waals surface area contributed by atoms with E-state index in [2.05, 4.69) is 10.6 Å². The summed E-state index contributed by atoms with van der Waals surface area (Å²) >= 11 is 0. The second kappa shape index (κ2) is 8.63. The van der Waals surface area contributed by atoms with Crippen molar-refractivity contribution in [2.45, 2.75) is 20.3 Å². The molecule has 0 aliphatic rings. The number of nitrogens with one attached hydrogen (secondary N) is 2. The van der Waals surface area contributed by atoms with Gasteiger partial charge in [0.1, 0.15) is 6.42 Å². The minimum atomic E-state index is -0.525. The molecule has 0 spiro atoms. The average molecular weight is 340 g/mol. The number of rotatable bonds is 6. The first-order chi connectivity index (χ1) is 12.0. The fourth-order valence-electron chi connectivity index (χ4n) is 2.23. The lowest BCUT2D eigenvalue weighted by Crippen LogP contribution is -2.22. The summed E-state index contributed by atoms with van der Waals surface area (Å²) in [4.78, 5) is 36.0. The molecule has 0 fully saturated rings. The van der Waals surface area contributed by atoms with Gasteiger partial charge in [-0.25, -0.2) is 4.79 Å². The van der Waals surface area contributed by atoms with E-state index in [0.717, 1.165) is 5.56 Å². The summed E-state index contributed by atoms with van der Waals surface area (Å²) in [6, 6.07) is 13.8. The van der Waals surface area contributed by atoms with Gasteiger partial charge in [-0.3, -0.25) is 9.59 Å². The van der Waals surface area contributed by atoms with E-state index in [0.29, 0.717) is 11.4 Å². The maximum Gasteiger partial charge on any atom is 0.340 e. The van der Waals surface area contributed by atoms with E-state index in [-0.39, 0.29) is 18.6 Å². The van der Waals surface area contributed by atoms with Crippen molar-refractivity contribution in [1.82, 2.24) is 0 Å². The Labute approximate surface area is 146 Å². The van der Waals surface area contributed by atoms with Crippen molar-refractivity contribution in [1.29, 1.82) is 0 Å². The highest BCUT2D eigenvalue weighted by Crippen LogP contribution is 2.17. The predicted molar refractivity (Wildman–Crippen MR) is 95.5 cm³/mol. The number of ether oxygens (including phenoxy) is 1. The van der Waals surface area contributed by atoms with E-state index in [4.69, 9.17) is 4.74 Å². The van der Waals surface area contributed by atoms with Gasteiger partial charge in [-0.05, 0) is 37.6 Å². The van der Waals surface area contributed by atoms with E-state index in [9.17, 15) is 14.4 Å². The smallest absolute Gasteiger partial charge is 0.340 e. The Morgan fingerprint density at radius 3 is 2.08 bits per heavy atom. The van der Waals surface area contributed by atoms with Crippen LogP contribution in [0.15, 0.2) is 48.5 Å². The third-order valence-electron chi connectivity index (χ3n) is 3.44. The highest BCUT2D eigenvalue weighted by Gasteiger charge is 2.16. The van der Waals surface area contributed by atoms with Gasteiger partial charge in [0.05, 0.1) is 17.9 Å². The molecule has 2 rings (SSSR count). The SMILES string of the molecule is CCOC(=O)c1ccccc1NC(=O)CC(=O)Nc1ccccc1C. The van der Waals surface area contributed by atoms with Gasteiger partial charge in [-0.1, -0.05) is 30.3 Å². The Morgan fingerprint density at radius 1 is 0.880 bits per heavy atom. The lowest BCUT2D eigenvalue weighted by molar-refractivity contribution is -0.123. The normalized spacial score (nSPS) is 10.0. The maximum absolute atomic E-state index is 12.1. The van der Waals surface area contributed by atoms with Crippen molar-refractivity contribution in [2.24, 2.45) is 0 Å². The predicted octanol–water partition coefficient (Wildman–Crippen LogP) is 3.14. The summed E-state index contributed by atoms with van der Waals surface area (Å²) in [5.41, 5.74) is 2.13. The van der Waals surface area contributed by atoms with E-state index < -0.39 is 17.8 Å². The molecule has 0 saturated heterocycles. The van der Waals surface area contributed by atoms with E-state index in [1.165, 1.54) is 0 Å². The largest absolute Gasteiger partial charge is 0.462 e. The van der Waals surface area contributed by atoms with Crippen LogP contribution in [0.4, 0.5) is 11.4 Å². The van der Waals surface area contributed by atoms with Gasteiger partial charge in [0.2, 0.25) is 11.8 Å². The van der Waals surface area contributed by atoms with Gasteiger partial charge >= 0.3 is 5.97 Å². The monoisotopic (exact) mass is 340 g/mol. The summed E-state index contributed by atoms with van der Waals surface area (Å²) in [7, 11) is 0. The number of esters is 1. The first kappa shape index (κ1) is 18.2. The Hall–Kier alpha value is -3.15. The molecule has 0 saturated carbocycles. The van der Waals surface area contributed by atoms with Gasteiger partial charge in [0.25, 0.3) is 0 Å². The third kappa shape index (κ3) is 5.17. The first-order valence-electron chi connectivity index (χ1n) is 7.92. The summed E-state index contributed by atoms with van der Waals surface area (Å²) < 4.78 is 4.95. The quantitative estimate of drug-likeness (QED) is 0.625. The molecule has 25 heavy (non-hydrogen) atoms. The van der Waals surface area contributed by atoms with Crippen molar-refractivity contribution in [3.63, 3.8) is 0 Å². The van der Waals surface area contributed by atoms with Gasteiger partial charge in [0.15, 0.2) is 0 Å². The van der Waals surface area contributed by atoms with Crippen LogP contribution in [0.1, 0.15) is 29.3 Å². The van der Waals surface area contributed by atoms with Gasteiger partial charge in [0, 0.05) is 5.69 Å². The molecule has 6 nitrogen and oxygen atoms in total. The molecule has 0 aliphatic carbocycles. The highest BCUT2D eigenvalue weighted by atomic mass is 16.5. The zero-order valence-corrected chi connectivity index (χ0v) is 14.2. The summed E-state index contributed by atoms with van der Waals surface area (Å²) in [6.45, 7) is 3.81. The second-order valence-electron chi connectivity index (χ2n) is 5.35. The fourth-order valence-corrected chi connectivity index (χ4v) is 2.23. The minimum Gasteiger partial charge on any atom is -0.462 e. The average Bonchev–Trinajstić information content (AvgIpc) is 2.57. The molecular formula is C19H20N2O4. The van der Waals surface area contributed by atoms with Crippen molar-refractivity contribution in [3.8, 4) is 0 Å². The molecule has 0 aliphatic heterocycles. The maximum atomic E-state index is 12.1. The lowest BCUT2D eigenvalue weighted by atomic mass is 10.1. The number of aryl methyl sites for hydroxylation is 1. The number of benzene rings is 2. The number of carbonyl (C=O) groups is 3. The molecule has 0 aromatic heterocycles. The number of carbonyl (C=O) groups excluding carboxylic acids is 3. The van der Waals surface area contributed by atoms with Crippen molar-refractivity contribution in [2.75, 3.05) is 17.2 Å². The van der Waals surface area contributed by atoms with Gasteiger partial charge in [-0.2, -0.15) is 0 Å². The van der Waals surface area contributed by atoms with E-state index >= 15 is 0 Å². The number of anilines is 2. The fraction of sp³-hybridized carbons (Fsp3) is 0.211. The summed E-state index contributed by atoms with van der Waals surface area (Å²) in [5, 5.41) is 5.27. The van der Waals surface area contributed by atoms with E-state index in [1.54, 1.807) is 43.3 Å². The minimum absolute atomic E-state index is 0.236. The van der Waals surface area contributed by atoms with Crippen LogP contribution in [0, 0.1) is 6.92 Å². The Bertz CT molecular complexity index is 786. The molecule has 0 radical (unpaired) electrons. The highest BCUT2D eigenvalue weighted by molar-refractivity contribution is 6.10. The molecule has 6 heteroatoms. The Morgan fingerprint density at radius 2 is 1.44 bits per heavy atom. The number of hydrogen-bond acceptors (Lipinski definition) is 4. The zero-order chi connectivity index (χ0) is 18.2. The Balaban J connectivity index is 2.00. The van der Waals surface area contributed by atoms with Crippen LogP contribution >= 0.6 is 0 Å². The van der Waals surface area contributed by atoms with E-state index in [1.807, 2.05) is 19.1 Å². The molecule has 0 heterocycles. The number of hydrogen-bond donors (Lipinski definition) is 2. The summed E-state index contributed by atoms with van der Waals surface area (Å²) in [5.74, 6) is -1.47. The zero-order valence-electron chi connectivity index (χ0n) is 14.2. The molecule has 2 aromatic rings. The molecule has 0 atom stereocenters. The first-order valence-corrected chi connectivity index (χ1v) is 7.92. The molecule has 2 amide bonds. The van der Waals surface area contributed by atoms with Gasteiger partial charge in [-0.15, -0.1) is 0 Å². The molecule has 2 N–H and O–H groups in total. The molecular weight excluding hydrogens is 320 g/mol. The summed E-state index contributed by atoms with van der Waals surface area (Å²) in [6.07, 6.45) is -0.356.